The number of benzene rings is 2. The van der Waals surface area contributed by atoms with Gasteiger partial charge in [0.05, 0.1) is 18.6 Å². The molecule has 0 saturated heterocycles. The van der Waals surface area contributed by atoms with Gasteiger partial charge in [-0.15, -0.1) is 0 Å². The molecule has 0 saturated carbocycles. The van der Waals surface area contributed by atoms with Crippen molar-refractivity contribution in [3.05, 3.63) is 60.2 Å². The molecule has 0 aromatic heterocycles. The van der Waals surface area contributed by atoms with Crippen molar-refractivity contribution in [2.75, 3.05) is 13.2 Å². The molecule has 1 aliphatic rings. The minimum atomic E-state index is -1.78. The maximum absolute atomic E-state index is 12.3. The summed E-state index contributed by atoms with van der Waals surface area (Å²) in [5.41, 5.74) is 0.403. The molecule has 27 heavy (non-hydrogen) atoms. The summed E-state index contributed by atoms with van der Waals surface area (Å²) in [5, 5.41) is 9.54. The second-order valence-electron chi connectivity index (χ2n) is 5.85. The zero-order valence-electron chi connectivity index (χ0n) is 14.4. The zero-order chi connectivity index (χ0) is 19.1. The number of nitriles is 1. The molecule has 2 unspecified atom stereocenters. The highest BCUT2D eigenvalue weighted by Crippen LogP contribution is 2.33. The smallest absolute Gasteiger partial charge is 0.307 e. The van der Waals surface area contributed by atoms with Crippen LogP contribution in [0.5, 0.6) is 11.5 Å². The Morgan fingerprint density at radius 1 is 1.15 bits per heavy atom. The highest BCUT2D eigenvalue weighted by molar-refractivity contribution is 6.00. The van der Waals surface area contributed by atoms with Gasteiger partial charge >= 0.3 is 5.79 Å². The monoisotopic (exact) mass is 367 g/mol. The fourth-order valence-electron chi connectivity index (χ4n) is 2.62. The highest BCUT2D eigenvalue weighted by atomic mass is 16.7. The van der Waals surface area contributed by atoms with Gasteiger partial charge in [-0.3, -0.25) is 9.59 Å². The molecule has 2 aromatic rings. The first-order chi connectivity index (χ1) is 13.2. The van der Waals surface area contributed by atoms with E-state index in [9.17, 15) is 14.9 Å². The Balaban J connectivity index is 1.65. The Morgan fingerprint density at radius 2 is 1.89 bits per heavy atom. The second-order valence-corrected chi connectivity index (χ2v) is 5.85. The Bertz CT molecular complexity index is 847. The lowest BCUT2D eigenvalue weighted by Gasteiger charge is -2.32. The number of Topliss-reactive ketones (excluding diaryl/α,β-unsaturated/α-hetero) is 1. The predicted molar refractivity (Wildman–Crippen MR) is 93.2 cm³/mol. The SMILES string of the molecule is N#CC1(OCC(COc2ccccc2)OC=O)CC(=O)c2ccccc2O1. The summed E-state index contributed by atoms with van der Waals surface area (Å²) in [6.45, 7) is 0.132. The van der Waals surface area contributed by atoms with Gasteiger partial charge in [0.1, 0.15) is 24.2 Å². The summed E-state index contributed by atoms with van der Waals surface area (Å²) in [6, 6.07) is 17.5. The Hall–Kier alpha value is -3.37. The van der Waals surface area contributed by atoms with Gasteiger partial charge in [0.25, 0.3) is 6.47 Å². The number of carbonyl (C=O) groups excluding carboxylic acids is 2. The highest BCUT2D eigenvalue weighted by Gasteiger charge is 2.43. The molecule has 1 aliphatic heterocycles. The zero-order valence-corrected chi connectivity index (χ0v) is 14.4. The van der Waals surface area contributed by atoms with E-state index in [0.29, 0.717) is 11.3 Å². The lowest BCUT2D eigenvalue weighted by molar-refractivity contribution is -0.172. The van der Waals surface area contributed by atoms with Crippen LogP contribution < -0.4 is 9.47 Å². The second kappa shape index (κ2) is 8.34. The van der Waals surface area contributed by atoms with Crippen LogP contribution >= 0.6 is 0 Å². The quantitative estimate of drug-likeness (QED) is 0.662. The molecule has 0 N–H and O–H groups in total. The van der Waals surface area contributed by atoms with Crippen molar-refractivity contribution in [3.8, 4) is 17.6 Å². The summed E-state index contributed by atoms with van der Waals surface area (Å²) in [4.78, 5) is 23.1. The van der Waals surface area contributed by atoms with E-state index in [1.807, 2.05) is 24.3 Å². The van der Waals surface area contributed by atoms with Gasteiger partial charge in [0, 0.05) is 0 Å². The molecule has 0 aliphatic carbocycles. The van der Waals surface area contributed by atoms with Crippen LogP contribution in [-0.2, 0) is 14.3 Å². The predicted octanol–water partition coefficient (Wildman–Crippen LogP) is 2.51. The van der Waals surface area contributed by atoms with Crippen LogP contribution in [0.1, 0.15) is 16.8 Å². The van der Waals surface area contributed by atoms with Crippen LogP contribution in [0.2, 0.25) is 0 Å². The summed E-state index contributed by atoms with van der Waals surface area (Å²) in [5.74, 6) is -1.15. The Labute approximate surface area is 156 Å². The molecule has 138 valence electrons. The molecule has 2 atom stereocenters. The lowest BCUT2D eigenvalue weighted by Crippen LogP contribution is -2.45. The first kappa shape index (κ1) is 18.4. The number of para-hydroxylation sites is 2. The van der Waals surface area contributed by atoms with Gasteiger partial charge in [-0.05, 0) is 24.3 Å². The number of hydrogen-bond acceptors (Lipinski definition) is 7. The van der Waals surface area contributed by atoms with E-state index < -0.39 is 11.9 Å². The van der Waals surface area contributed by atoms with E-state index in [-0.39, 0.29) is 37.6 Å². The molecule has 0 fully saturated rings. The minimum Gasteiger partial charge on any atom is -0.490 e. The fraction of sp³-hybridized carbons (Fsp3) is 0.250. The summed E-state index contributed by atoms with van der Waals surface area (Å²) >= 11 is 0. The molecule has 2 aromatic carbocycles. The van der Waals surface area contributed by atoms with Gasteiger partial charge in [0.2, 0.25) is 0 Å². The molecule has 7 nitrogen and oxygen atoms in total. The summed E-state index contributed by atoms with van der Waals surface area (Å²) in [6.07, 6.45) is -1.03. The summed E-state index contributed by atoms with van der Waals surface area (Å²) in [7, 11) is 0. The largest absolute Gasteiger partial charge is 0.490 e. The van der Waals surface area contributed by atoms with Gasteiger partial charge in [-0.1, -0.05) is 30.3 Å². The van der Waals surface area contributed by atoms with Crippen LogP contribution in [0.4, 0.5) is 0 Å². The number of nitrogens with zero attached hydrogens (tertiary/aromatic N) is 1. The van der Waals surface area contributed by atoms with Crippen molar-refractivity contribution in [2.45, 2.75) is 18.3 Å². The number of rotatable bonds is 8. The van der Waals surface area contributed by atoms with Gasteiger partial charge < -0.3 is 18.9 Å². The number of hydrogen-bond donors (Lipinski definition) is 0. The average Bonchev–Trinajstić information content (AvgIpc) is 2.71. The van der Waals surface area contributed by atoms with Crippen LogP contribution in [0, 0.1) is 11.3 Å². The molecular weight excluding hydrogens is 350 g/mol. The molecule has 1 heterocycles. The van der Waals surface area contributed by atoms with Crippen LogP contribution in [0.25, 0.3) is 0 Å². The molecule has 0 bridgehead atoms. The van der Waals surface area contributed by atoms with E-state index >= 15 is 0 Å². The fourth-order valence-corrected chi connectivity index (χ4v) is 2.62. The van der Waals surface area contributed by atoms with Crippen LogP contribution in [-0.4, -0.2) is 37.4 Å². The average molecular weight is 367 g/mol. The maximum Gasteiger partial charge on any atom is 0.307 e. The number of ether oxygens (including phenoxy) is 4. The van der Waals surface area contributed by atoms with Crippen molar-refractivity contribution >= 4 is 12.3 Å². The third-order valence-corrected chi connectivity index (χ3v) is 3.96. The summed E-state index contributed by atoms with van der Waals surface area (Å²) < 4.78 is 21.7. The first-order valence-corrected chi connectivity index (χ1v) is 8.29. The van der Waals surface area contributed by atoms with Crippen molar-refractivity contribution < 1.29 is 28.5 Å². The van der Waals surface area contributed by atoms with Crippen molar-refractivity contribution in [2.24, 2.45) is 0 Å². The molecule has 0 amide bonds. The third kappa shape index (κ3) is 4.43. The topological polar surface area (TPSA) is 94.9 Å². The number of ketones is 1. The van der Waals surface area contributed by atoms with Crippen molar-refractivity contribution in [1.82, 2.24) is 0 Å². The molecule has 0 spiro atoms. The minimum absolute atomic E-state index is 0.0226. The van der Waals surface area contributed by atoms with Crippen LogP contribution in [0.15, 0.2) is 54.6 Å². The van der Waals surface area contributed by atoms with Crippen LogP contribution in [0.3, 0.4) is 0 Å². The molecule has 7 heteroatoms. The van der Waals surface area contributed by atoms with Crippen molar-refractivity contribution in [1.29, 1.82) is 5.26 Å². The van der Waals surface area contributed by atoms with Gasteiger partial charge in [-0.2, -0.15) is 5.26 Å². The van der Waals surface area contributed by atoms with Crippen molar-refractivity contribution in [3.63, 3.8) is 0 Å². The van der Waals surface area contributed by atoms with E-state index in [1.165, 1.54) is 0 Å². The molecule has 3 rings (SSSR count). The standard InChI is InChI=1S/C20H17NO6/c21-13-20(10-18(23)17-8-4-5-9-19(17)27-20)26-12-16(25-14-22)11-24-15-6-2-1-3-7-15/h1-9,14,16H,10-12H2. The molecular formula is C20H17NO6. The van der Waals surface area contributed by atoms with E-state index in [4.69, 9.17) is 18.9 Å². The van der Waals surface area contributed by atoms with E-state index in [2.05, 4.69) is 0 Å². The molecule has 0 radical (unpaired) electrons. The normalized spacial score (nSPS) is 19.1. The Kier molecular flexibility index (Phi) is 5.69. The first-order valence-electron chi connectivity index (χ1n) is 8.29. The van der Waals surface area contributed by atoms with E-state index in [1.54, 1.807) is 36.4 Å². The lowest BCUT2D eigenvalue weighted by atomic mass is 9.99. The Morgan fingerprint density at radius 3 is 2.63 bits per heavy atom. The maximum atomic E-state index is 12.3. The van der Waals surface area contributed by atoms with E-state index in [0.717, 1.165) is 0 Å². The van der Waals surface area contributed by atoms with Gasteiger partial charge in [0.15, 0.2) is 11.9 Å². The number of fused-ring (bicyclic) bond motifs is 1. The number of carbonyl (C=O) groups is 2. The third-order valence-electron chi connectivity index (χ3n) is 3.96. The van der Waals surface area contributed by atoms with Gasteiger partial charge in [-0.25, -0.2) is 0 Å².